The maximum Gasteiger partial charge on any atom is 0.266 e. The molecule has 1 rings (SSSR count). The van der Waals surface area contributed by atoms with E-state index in [4.69, 9.17) is 5.73 Å². The van der Waals surface area contributed by atoms with Gasteiger partial charge in [-0.05, 0) is 12.5 Å². The zero-order valence-electron chi connectivity index (χ0n) is 8.95. The highest BCUT2D eigenvalue weighted by atomic mass is 19.3. The number of hydrogen-bond acceptors (Lipinski definition) is 2. The zero-order valence-corrected chi connectivity index (χ0v) is 8.95. The van der Waals surface area contributed by atoms with E-state index in [2.05, 4.69) is 0 Å². The topological polar surface area (TPSA) is 63.4 Å². The summed E-state index contributed by atoms with van der Waals surface area (Å²) in [6.45, 7) is 1.86. The standard InChI is InChI=1S/C10H14F2N2O2/c1-2-7(10(13)16)14-5-6(3-8(11)12)4-9(14)15/h3,6-7H,2,4-5H2,1H3,(H2,13,16)/t6-,7+/m0/s1. The normalized spacial score (nSPS) is 22.1. The Bertz CT molecular complexity index is 327. The molecule has 2 N–H and O–H groups in total. The van der Waals surface area contributed by atoms with Crippen molar-refractivity contribution < 1.29 is 18.4 Å². The SMILES string of the molecule is CC[C@H](C(N)=O)N1C[C@@H](C=C(F)F)CC1=O. The van der Waals surface area contributed by atoms with Crippen LogP contribution in [0, 0.1) is 5.92 Å². The Kier molecular flexibility index (Phi) is 3.98. The molecule has 0 aromatic heterocycles. The van der Waals surface area contributed by atoms with Crippen LogP contribution in [0.3, 0.4) is 0 Å². The van der Waals surface area contributed by atoms with Gasteiger partial charge in [0.15, 0.2) is 0 Å². The van der Waals surface area contributed by atoms with Crippen LogP contribution in [0.2, 0.25) is 0 Å². The van der Waals surface area contributed by atoms with E-state index in [-0.39, 0.29) is 18.9 Å². The van der Waals surface area contributed by atoms with Crippen LogP contribution in [0.5, 0.6) is 0 Å². The van der Waals surface area contributed by atoms with Gasteiger partial charge in [0.25, 0.3) is 6.08 Å². The van der Waals surface area contributed by atoms with Crippen LogP contribution in [0.4, 0.5) is 8.78 Å². The molecular weight excluding hydrogens is 218 g/mol. The summed E-state index contributed by atoms with van der Waals surface area (Å²) >= 11 is 0. The molecule has 0 aromatic rings. The monoisotopic (exact) mass is 232 g/mol. The van der Waals surface area contributed by atoms with Crippen LogP contribution < -0.4 is 5.73 Å². The van der Waals surface area contributed by atoms with Crippen LogP contribution in [-0.2, 0) is 9.59 Å². The third-order valence-corrected chi connectivity index (χ3v) is 2.64. The van der Waals surface area contributed by atoms with Crippen molar-refractivity contribution in [3.63, 3.8) is 0 Å². The Morgan fingerprint density at radius 3 is 2.75 bits per heavy atom. The van der Waals surface area contributed by atoms with E-state index in [1.165, 1.54) is 4.90 Å². The van der Waals surface area contributed by atoms with Gasteiger partial charge in [0, 0.05) is 18.9 Å². The summed E-state index contributed by atoms with van der Waals surface area (Å²) in [6, 6.07) is -0.687. The van der Waals surface area contributed by atoms with Gasteiger partial charge in [0.2, 0.25) is 11.8 Å². The molecule has 4 nitrogen and oxygen atoms in total. The molecule has 1 aliphatic rings. The number of rotatable bonds is 4. The first-order chi connectivity index (χ1) is 7.45. The highest BCUT2D eigenvalue weighted by Crippen LogP contribution is 2.23. The largest absolute Gasteiger partial charge is 0.368 e. The summed E-state index contributed by atoms with van der Waals surface area (Å²) in [5.74, 6) is -1.42. The second kappa shape index (κ2) is 5.05. The van der Waals surface area contributed by atoms with Gasteiger partial charge in [-0.15, -0.1) is 0 Å². The van der Waals surface area contributed by atoms with E-state index in [9.17, 15) is 18.4 Å². The Hall–Kier alpha value is -1.46. The number of carbonyl (C=O) groups excluding carboxylic acids is 2. The van der Waals surface area contributed by atoms with Gasteiger partial charge in [-0.1, -0.05) is 6.92 Å². The molecule has 0 spiro atoms. The molecule has 2 atom stereocenters. The Morgan fingerprint density at radius 1 is 1.69 bits per heavy atom. The van der Waals surface area contributed by atoms with Crippen LogP contribution >= 0.6 is 0 Å². The van der Waals surface area contributed by atoms with Crippen molar-refractivity contribution in [1.82, 2.24) is 4.90 Å². The second-order valence-electron chi connectivity index (χ2n) is 3.79. The van der Waals surface area contributed by atoms with E-state index < -0.39 is 23.9 Å². The third kappa shape index (κ3) is 2.77. The lowest BCUT2D eigenvalue weighted by atomic mass is 10.1. The fraction of sp³-hybridized carbons (Fsp3) is 0.600. The first kappa shape index (κ1) is 12.6. The average Bonchev–Trinajstić information content (AvgIpc) is 2.46. The molecule has 1 heterocycles. The van der Waals surface area contributed by atoms with E-state index in [0.717, 1.165) is 6.08 Å². The Labute approximate surface area is 92.1 Å². The maximum absolute atomic E-state index is 12.0. The summed E-state index contributed by atoms with van der Waals surface area (Å²) in [5, 5.41) is 0. The van der Waals surface area contributed by atoms with Crippen molar-refractivity contribution in [2.24, 2.45) is 11.7 Å². The predicted octanol–water partition coefficient (Wildman–Crippen LogP) is 0.879. The number of primary amides is 1. The first-order valence-corrected chi connectivity index (χ1v) is 5.07. The van der Waals surface area contributed by atoms with Crippen molar-refractivity contribution >= 4 is 11.8 Å². The third-order valence-electron chi connectivity index (χ3n) is 2.64. The smallest absolute Gasteiger partial charge is 0.266 e. The van der Waals surface area contributed by atoms with Crippen LogP contribution in [-0.4, -0.2) is 29.3 Å². The lowest BCUT2D eigenvalue weighted by Crippen LogP contribution is -2.45. The molecular formula is C10H14F2N2O2. The summed E-state index contributed by atoms with van der Waals surface area (Å²) in [7, 11) is 0. The first-order valence-electron chi connectivity index (χ1n) is 5.07. The molecule has 0 bridgehead atoms. The van der Waals surface area contributed by atoms with Gasteiger partial charge < -0.3 is 10.6 Å². The molecule has 2 amide bonds. The number of amides is 2. The van der Waals surface area contributed by atoms with Crippen molar-refractivity contribution in [2.45, 2.75) is 25.8 Å². The van der Waals surface area contributed by atoms with E-state index in [0.29, 0.717) is 6.42 Å². The fourth-order valence-corrected chi connectivity index (χ4v) is 1.93. The lowest BCUT2D eigenvalue weighted by Gasteiger charge is -2.23. The maximum atomic E-state index is 12.0. The van der Waals surface area contributed by atoms with Gasteiger partial charge in [-0.2, -0.15) is 8.78 Å². The molecule has 0 radical (unpaired) electrons. The van der Waals surface area contributed by atoms with Crippen molar-refractivity contribution in [3.05, 3.63) is 12.2 Å². The minimum atomic E-state index is -1.80. The highest BCUT2D eigenvalue weighted by molar-refractivity contribution is 5.87. The number of likely N-dealkylation sites (tertiary alicyclic amines) is 1. The van der Waals surface area contributed by atoms with Crippen LogP contribution in [0.15, 0.2) is 12.2 Å². The zero-order chi connectivity index (χ0) is 12.3. The summed E-state index contributed by atoms with van der Waals surface area (Å²) in [5.41, 5.74) is 5.14. The van der Waals surface area contributed by atoms with E-state index in [1.54, 1.807) is 6.92 Å². The molecule has 0 aliphatic carbocycles. The van der Waals surface area contributed by atoms with Crippen molar-refractivity contribution in [2.75, 3.05) is 6.54 Å². The summed E-state index contributed by atoms with van der Waals surface area (Å²) in [6.07, 6.45) is -0.630. The summed E-state index contributed by atoms with van der Waals surface area (Å²) < 4.78 is 24.0. The van der Waals surface area contributed by atoms with Crippen LogP contribution in [0.25, 0.3) is 0 Å². The minimum absolute atomic E-state index is 0.0150. The number of nitrogens with zero attached hydrogens (tertiary/aromatic N) is 1. The number of carbonyl (C=O) groups is 2. The van der Waals surface area contributed by atoms with Gasteiger partial charge in [-0.3, -0.25) is 9.59 Å². The van der Waals surface area contributed by atoms with Gasteiger partial charge >= 0.3 is 0 Å². The minimum Gasteiger partial charge on any atom is -0.368 e. The Morgan fingerprint density at radius 2 is 2.31 bits per heavy atom. The fourth-order valence-electron chi connectivity index (χ4n) is 1.93. The number of halogens is 2. The van der Waals surface area contributed by atoms with E-state index >= 15 is 0 Å². The molecule has 1 fully saturated rings. The molecule has 6 heteroatoms. The quantitative estimate of drug-likeness (QED) is 0.782. The van der Waals surface area contributed by atoms with E-state index in [1.807, 2.05) is 0 Å². The Balaban J connectivity index is 2.74. The highest BCUT2D eigenvalue weighted by Gasteiger charge is 2.35. The molecule has 0 aromatic carbocycles. The van der Waals surface area contributed by atoms with Crippen molar-refractivity contribution in [3.8, 4) is 0 Å². The van der Waals surface area contributed by atoms with Gasteiger partial charge in [0.1, 0.15) is 6.04 Å². The molecule has 1 aliphatic heterocycles. The molecule has 0 unspecified atom stereocenters. The van der Waals surface area contributed by atoms with Gasteiger partial charge in [-0.25, -0.2) is 0 Å². The van der Waals surface area contributed by atoms with Crippen LogP contribution in [0.1, 0.15) is 19.8 Å². The number of hydrogen-bond donors (Lipinski definition) is 1. The molecule has 0 saturated carbocycles. The van der Waals surface area contributed by atoms with Gasteiger partial charge in [0.05, 0.1) is 0 Å². The number of nitrogens with two attached hydrogens (primary N) is 1. The second-order valence-corrected chi connectivity index (χ2v) is 3.79. The molecule has 16 heavy (non-hydrogen) atoms. The summed E-state index contributed by atoms with van der Waals surface area (Å²) in [4.78, 5) is 23.9. The van der Waals surface area contributed by atoms with Crippen molar-refractivity contribution in [1.29, 1.82) is 0 Å². The molecule has 90 valence electrons. The average molecular weight is 232 g/mol. The lowest BCUT2D eigenvalue weighted by molar-refractivity contribution is -0.136. The molecule has 1 saturated heterocycles. The predicted molar refractivity (Wildman–Crippen MR) is 53.4 cm³/mol.